The van der Waals surface area contributed by atoms with Crippen LogP contribution in [0.2, 0.25) is 5.02 Å². The molecule has 0 saturated heterocycles. The van der Waals surface area contributed by atoms with Gasteiger partial charge in [0.25, 0.3) is 0 Å². The van der Waals surface area contributed by atoms with E-state index in [0.29, 0.717) is 22.3 Å². The van der Waals surface area contributed by atoms with Crippen LogP contribution in [-0.2, 0) is 4.79 Å². The molecule has 1 heterocycles. The summed E-state index contributed by atoms with van der Waals surface area (Å²) in [6.07, 6.45) is 8.14. The number of nitrogen functional groups attached to an aromatic ring is 1. The van der Waals surface area contributed by atoms with Gasteiger partial charge in [-0.1, -0.05) is 36.6 Å². The molecule has 1 fully saturated rings. The Hall–Kier alpha value is -2.85. The van der Waals surface area contributed by atoms with Gasteiger partial charge in [-0.3, -0.25) is 9.78 Å². The van der Waals surface area contributed by atoms with Crippen LogP contribution in [0.15, 0.2) is 54.6 Å². The number of anilines is 2. The summed E-state index contributed by atoms with van der Waals surface area (Å²) in [6.45, 7) is 0. The monoisotopic (exact) mass is 391 g/mol. The number of amides is 1. The van der Waals surface area contributed by atoms with E-state index in [4.69, 9.17) is 22.3 Å². The predicted molar refractivity (Wildman–Crippen MR) is 116 cm³/mol. The SMILES string of the molecule is Nc1cc(C2CCCC2)nc2ccc(NC(=O)C=Cc3ccc(Cl)cc3)cc12. The number of carbonyl (C=O) groups is 1. The second kappa shape index (κ2) is 8.03. The maximum Gasteiger partial charge on any atom is 0.248 e. The quantitative estimate of drug-likeness (QED) is 0.554. The van der Waals surface area contributed by atoms with Crippen LogP contribution in [0.25, 0.3) is 17.0 Å². The highest BCUT2D eigenvalue weighted by molar-refractivity contribution is 6.30. The number of carbonyl (C=O) groups excluding carboxylic acids is 1. The molecular weight excluding hydrogens is 370 g/mol. The number of halogens is 1. The number of hydrogen-bond donors (Lipinski definition) is 2. The first-order valence-corrected chi connectivity index (χ1v) is 9.91. The van der Waals surface area contributed by atoms with Crippen molar-refractivity contribution in [1.82, 2.24) is 4.98 Å². The molecule has 0 radical (unpaired) electrons. The average Bonchev–Trinajstić information content (AvgIpc) is 3.23. The number of aromatic nitrogens is 1. The summed E-state index contributed by atoms with van der Waals surface area (Å²) < 4.78 is 0. The molecule has 1 amide bonds. The topological polar surface area (TPSA) is 68.0 Å². The van der Waals surface area contributed by atoms with Gasteiger partial charge in [-0.2, -0.15) is 0 Å². The van der Waals surface area contributed by atoms with Crippen LogP contribution in [0, 0.1) is 0 Å². The third kappa shape index (κ3) is 4.18. The lowest BCUT2D eigenvalue weighted by atomic mass is 10.0. The minimum atomic E-state index is -0.205. The van der Waals surface area contributed by atoms with Crippen LogP contribution in [0.3, 0.4) is 0 Å². The molecule has 3 N–H and O–H groups in total. The van der Waals surface area contributed by atoms with Crippen molar-refractivity contribution in [3.8, 4) is 0 Å². The number of nitrogens with two attached hydrogens (primary N) is 1. The fraction of sp³-hybridized carbons (Fsp3) is 0.217. The summed E-state index contributed by atoms with van der Waals surface area (Å²) in [5.74, 6) is 0.312. The zero-order chi connectivity index (χ0) is 19.5. The van der Waals surface area contributed by atoms with Crippen molar-refractivity contribution in [3.05, 3.63) is 70.9 Å². The third-order valence-corrected chi connectivity index (χ3v) is 5.45. The molecule has 4 rings (SSSR count). The van der Waals surface area contributed by atoms with E-state index < -0.39 is 0 Å². The van der Waals surface area contributed by atoms with Gasteiger partial charge < -0.3 is 11.1 Å². The van der Waals surface area contributed by atoms with Crippen molar-refractivity contribution >= 4 is 45.9 Å². The summed E-state index contributed by atoms with van der Waals surface area (Å²) in [5, 5.41) is 4.41. The van der Waals surface area contributed by atoms with Crippen LogP contribution in [-0.4, -0.2) is 10.9 Å². The molecule has 0 bridgehead atoms. The minimum absolute atomic E-state index is 0.205. The van der Waals surface area contributed by atoms with E-state index in [1.54, 1.807) is 18.2 Å². The number of rotatable bonds is 4. The van der Waals surface area contributed by atoms with Crippen LogP contribution >= 0.6 is 11.6 Å². The van der Waals surface area contributed by atoms with E-state index in [1.807, 2.05) is 36.4 Å². The summed E-state index contributed by atoms with van der Waals surface area (Å²) >= 11 is 5.87. The first-order chi connectivity index (χ1) is 13.6. The molecule has 1 saturated carbocycles. The molecule has 2 aromatic carbocycles. The van der Waals surface area contributed by atoms with Gasteiger partial charge >= 0.3 is 0 Å². The van der Waals surface area contributed by atoms with Gasteiger partial charge in [-0.05, 0) is 60.9 Å². The maximum absolute atomic E-state index is 12.2. The van der Waals surface area contributed by atoms with Gasteiger partial charge in [0.2, 0.25) is 5.91 Å². The second-order valence-electron chi connectivity index (χ2n) is 7.22. The molecule has 1 aliphatic rings. The fourth-order valence-corrected chi connectivity index (χ4v) is 3.84. The Morgan fingerprint density at radius 1 is 1.11 bits per heavy atom. The summed E-state index contributed by atoms with van der Waals surface area (Å²) in [5.41, 5.74) is 10.6. The normalized spacial score (nSPS) is 14.8. The fourth-order valence-electron chi connectivity index (χ4n) is 3.71. The van der Waals surface area contributed by atoms with Gasteiger partial charge in [-0.25, -0.2) is 0 Å². The highest BCUT2D eigenvalue weighted by atomic mass is 35.5. The Kier molecular flexibility index (Phi) is 5.31. The largest absolute Gasteiger partial charge is 0.398 e. The van der Waals surface area contributed by atoms with E-state index in [-0.39, 0.29) is 5.91 Å². The lowest BCUT2D eigenvalue weighted by molar-refractivity contribution is -0.111. The zero-order valence-corrected chi connectivity index (χ0v) is 16.2. The van der Waals surface area contributed by atoms with Gasteiger partial charge in [0.15, 0.2) is 0 Å². The third-order valence-electron chi connectivity index (χ3n) is 5.20. The van der Waals surface area contributed by atoms with E-state index >= 15 is 0 Å². The Labute approximate surface area is 169 Å². The molecule has 0 aliphatic heterocycles. The molecule has 3 aromatic rings. The standard InChI is InChI=1S/C23H22ClN3O/c24-17-8-5-15(6-9-17)7-12-23(28)26-18-10-11-21-19(13-18)20(25)14-22(27-21)16-3-1-2-4-16/h5-14,16H,1-4H2,(H2,25,27)(H,26,28). The highest BCUT2D eigenvalue weighted by Crippen LogP contribution is 2.35. The predicted octanol–water partition coefficient (Wildman–Crippen LogP) is 5.78. The van der Waals surface area contributed by atoms with E-state index in [1.165, 1.54) is 31.8 Å². The van der Waals surface area contributed by atoms with E-state index in [2.05, 4.69) is 5.32 Å². The zero-order valence-electron chi connectivity index (χ0n) is 15.5. The van der Waals surface area contributed by atoms with Gasteiger partial charge in [-0.15, -0.1) is 0 Å². The number of hydrogen-bond acceptors (Lipinski definition) is 3. The lowest BCUT2D eigenvalue weighted by Crippen LogP contribution is -2.08. The van der Waals surface area contributed by atoms with Crippen LogP contribution in [0.4, 0.5) is 11.4 Å². The Morgan fingerprint density at radius 3 is 2.61 bits per heavy atom. The van der Waals surface area contributed by atoms with Gasteiger partial charge in [0.1, 0.15) is 0 Å². The number of nitrogens with one attached hydrogen (secondary N) is 1. The first kappa shape index (κ1) is 18.5. The lowest BCUT2D eigenvalue weighted by Gasteiger charge is -2.12. The van der Waals surface area contributed by atoms with E-state index in [9.17, 15) is 4.79 Å². The molecule has 1 aliphatic carbocycles. The Bertz CT molecular complexity index is 1040. The van der Waals surface area contributed by atoms with Crippen molar-refractivity contribution < 1.29 is 4.79 Å². The molecule has 142 valence electrons. The van der Waals surface area contributed by atoms with Crippen molar-refractivity contribution in [1.29, 1.82) is 0 Å². The molecule has 1 aromatic heterocycles. The summed E-state index contributed by atoms with van der Waals surface area (Å²) in [6, 6.07) is 14.9. The van der Waals surface area contributed by atoms with Crippen molar-refractivity contribution in [2.75, 3.05) is 11.1 Å². The molecule has 5 heteroatoms. The molecule has 4 nitrogen and oxygen atoms in total. The Morgan fingerprint density at radius 2 is 1.86 bits per heavy atom. The Balaban J connectivity index is 1.51. The summed E-state index contributed by atoms with van der Waals surface area (Å²) in [4.78, 5) is 17.0. The van der Waals surface area contributed by atoms with Crippen molar-refractivity contribution in [2.45, 2.75) is 31.6 Å². The number of nitrogens with zero attached hydrogens (tertiary/aromatic N) is 1. The van der Waals surface area contributed by atoms with Crippen LogP contribution < -0.4 is 11.1 Å². The number of pyridine rings is 1. The van der Waals surface area contributed by atoms with Crippen molar-refractivity contribution in [3.63, 3.8) is 0 Å². The first-order valence-electron chi connectivity index (χ1n) is 9.53. The smallest absolute Gasteiger partial charge is 0.248 e. The second-order valence-corrected chi connectivity index (χ2v) is 7.66. The number of benzene rings is 2. The molecule has 0 atom stereocenters. The van der Waals surface area contributed by atoms with Crippen molar-refractivity contribution in [2.24, 2.45) is 0 Å². The van der Waals surface area contributed by atoms with Gasteiger partial charge in [0, 0.05) is 39.5 Å². The van der Waals surface area contributed by atoms with Gasteiger partial charge in [0.05, 0.1) is 5.52 Å². The van der Waals surface area contributed by atoms with Crippen LogP contribution in [0.1, 0.15) is 42.9 Å². The molecule has 0 unspecified atom stereocenters. The minimum Gasteiger partial charge on any atom is -0.398 e. The number of fused-ring (bicyclic) bond motifs is 1. The molecular formula is C23H22ClN3O. The highest BCUT2D eigenvalue weighted by Gasteiger charge is 2.19. The van der Waals surface area contributed by atoms with E-state index in [0.717, 1.165) is 22.2 Å². The van der Waals surface area contributed by atoms with Crippen LogP contribution in [0.5, 0.6) is 0 Å². The molecule has 0 spiro atoms. The average molecular weight is 392 g/mol. The molecule has 28 heavy (non-hydrogen) atoms. The summed E-state index contributed by atoms with van der Waals surface area (Å²) in [7, 11) is 0. The maximum atomic E-state index is 12.2.